The highest BCUT2D eigenvalue weighted by Crippen LogP contribution is 2.39. The molecule has 0 fully saturated rings. The zero-order valence-corrected chi connectivity index (χ0v) is 22.9. The number of aryl methyl sites for hydroxylation is 2. The van der Waals surface area contributed by atoms with Gasteiger partial charge in [-0.1, -0.05) is 71.8 Å². The fourth-order valence-corrected chi connectivity index (χ4v) is 5.24. The van der Waals surface area contributed by atoms with E-state index in [1.165, 1.54) is 0 Å². The molecule has 8 heteroatoms. The lowest BCUT2D eigenvalue weighted by atomic mass is 10.1. The second-order valence-electron chi connectivity index (χ2n) is 9.39. The van der Waals surface area contributed by atoms with Crippen molar-refractivity contribution in [1.82, 2.24) is 4.90 Å². The van der Waals surface area contributed by atoms with Crippen molar-refractivity contribution in [3.05, 3.63) is 119 Å². The Kier molecular flexibility index (Phi) is 9.01. The number of carbonyl (C=O) groups excluding carboxylic acids is 1. The number of ether oxygens (including phenoxy) is 2. The van der Waals surface area contributed by atoms with Gasteiger partial charge in [-0.05, 0) is 68.4 Å². The van der Waals surface area contributed by atoms with Crippen LogP contribution in [0.4, 0.5) is 0 Å². The van der Waals surface area contributed by atoms with Crippen molar-refractivity contribution in [2.24, 2.45) is 0 Å². The lowest BCUT2D eigenvalue weighted by Crippen LogP contribution is -2.29. The van der Waals surface area contributed by atoms with Crippen LogP contribution in [0, 0.1) is 13.8 Å². The lowest BCUT2D eigenvalue weighted by molar-refractivity contribution is -0.120. The molecule has 0 aliphatic rings. The molecule has 0 aliphatic heterocycles. The summed E-state index contributed by atoms with van der Waals surface area (Å²) in [5.41, 5.74) is 3.59. The summed E-state index contributed by atoms with van der Waals surface area (Å²) in [5, 5.41) is -1.16. The van der Waals surface area contributed by atoms with Gasteiger partial charge in [0.05, 0.1) is 0 Å². The number of benzene rings is 4. The monoisotopic (exact) mass is 545 g/mol. The van der Waals surface area contributed by atoms with Crippen LogP contribution in [0.5, 0.6) is 23.0 Å². The number of hydrogen-bond acceptors (Lipinski definition) is 7. The first kappa shape index (κ1) is 27.9. The summed E-state index contributed by atoms with van der Waals surface area (Å²) < 4.78 is 43.1. The van der Waals surface area contributed by atoms with E-state index >= 15 is 0 Å². The first-order valence-electron chi connectivity index (χ1n) is 12.4. The zero-order chi connectivity index (χ0) is 27.8. The van der Waals surface area contributed by atoms with Crippen molar-refractivity contribution in [3.8, 4) is 23.0 Å². The number of rotatable bonds is 12. The minimum absolute atomic E-state index is 0.0574. The van der Waals surface area contributed by atoms with Gasteiger partial charge in [0.25, 0.3) is 0 Å². The smallest absolute Gasteiger partial charge is 0.319 e. The topological polar surface area (TPSA) is 82.1 Å². The van der Waals surface area contributed by atoms with E-state index in [1.54, 1.807) is 18.2 Å². The Morgan fingerprint density at radius 1 is 0.769 bits per heavy atom. The van der Waals surface area contributed by atoms with Crippen molar-refractivity contribution in [2.45, 2.75) is 25.6 Å². The minimum Gasteiger partial charge on any atom is -0.453 e. The van der Waals surface area contributed by atoms with Gasteiger partial charge in [-0.3, -0.25) is 4.79 Å². The quantitative estimate of drug-likeness (QED) is 0.147. The van der Waals surface area contributed by atoms with Crippen molar-refractivity contribution >= 4 is 16.6 Å². The molecule has 202 valence electrons. The second-order valence-corrected chi connectivity index (χ2v) is 11.1. The number of likely N-dealkylation sites (N-methyl/N-ethyl adjacent to an activating group) is 1. The van der Waals surface area contributed by atoms with Crippen LogP contribution in [0.2, 0.25) is 0 Å². The molecule has 1 unspecified atom stereocenters. The molecule has 0 amide bonds. The molecule has 0 aliphatic carbocycles. The lowest BCUT2D eigenvalue weighted by Gasteiger charge is -2.24. The summed E-state index contributed by atoms with van der Waals surface area (Å²) in [6.07, 6.45) is 0. The van der Waals surface area contributed by atoms with Gasteiger partial charge < -0.3 is 18.6 Å². The molecule has 0 saturated heterocycles. The molecule has 4 aromatic rings. The summed E-state index contributed by atoms with van der Waals surface area (Å²) >= 11 is 0. The summed E-state index contributed by atoms with van der Waals surface area (Å²) in [7, 11) is -2.48. The van der Waals surface area contributed by atoms with E-state index in [2.05, 4.69) is 4.18 Å². The Balaban J connectivity index is 1.70. The van der Waals surface area contributed by atoms with Gasteiger partial charge in [0.2, 0.25) is 0 Å². The predicted molar refractivity (Wildman–Crippen MR) is 151 cm³/mol. The average molecular weight is 546 g/mol. The zero-order valence-electron chi connectivity index (χ0n) is 22.1. The Bertz CT molecular complexity index is 1490. The molecular weight excluding hydrogens is 514 g/mol. The van der Waals surface area contributed by atoms with Crippen molar-refractivity contribution in [3.63, 3.8) is 0 Å². The van der Waals surface area contributed by atoms with Gasteiger partial charge in [0, 0.05) is 13.1 Å². The van der Waals surface area contributed by atoms with Gasteiger partial charge in [0.1, 0.15) is 16.7 Å². The highest BCUT2D eigenvalue weighted by Gasteiger charge is 2.31. The Morgan fingerprint density at radius 3 is 1.90 bits per heavy atom. The fraction of sp³-hybridized carbons (Fsp3) is 0.194. The highest BCUT2D eigenvalue weighted by atomic mass is 32.2. The molecule has 0 heterocycles. The molecule has 0 spiro atoms. The van der Waals surface area contributed by atoms with Crippen molar-refractivity contribution in [1.29, 1.82) is 0 Å². The maximum atomic E-state index is 13.1. The number of nitrogens with zero attached hydrogens (tertiary/aromatic N) is 1. The normalized spacial score (nSPS) is 12.1. The third-order valence-corrected chi connectivity index (χ3v) is 7.60. The van der Waals surface area contributed by atoms with Crippen LogP contribution in [-0.2, 0) is 25.6 Å². The molecule has 0 aromatic heterocycles. The van der Waals surface area contributed by atoms with E-state index in [1.807, 2.05) is 105 Å². The molecule has 0 bridgehead atoms. The van der Waals surface area contributed by atoms with Crippen LogP contribution < -0.4 is 9.47 Å². The standard InChI is InChI=1S/C31H31NO6S/c1-23-9-14-27(15-10-23)37-29-18-13-26(19-30(29)38-28-16-11-24(2)12-17-28)31(39(34,35)36-22-33)21-32(3)20-25-7-5-4-6-8-25/h4-19,22,31H,20-21H2,1-3H3. The Hall–Kier alpha value is -4.14. The molecule has 1 atom stereocenters. The Morgan fingerprint density at radius 2 is 1.33 bits per heavy atom. The van der Waals surface area contributed by atoms with E-state index in [4.69, 9.17) is 9.47 Å². The Labute approximate surface area is 229 Å². The first-order valence-corrected chi connectivity index (χ1v) is 13.9. The third-order valence-electron chi connectivity index (χ3n) is 6.13. The minimum atomic E-state index is -4.29. The number of carbonyl (C=O) groups is 1. The van der Waals surface area contributed by atoms with Gasteiger partial charge in [0.15, 0.2) is 11.5 Å². The summed E-state index contributed by atoms with van der Waals surface area (Å²) in [6, 6.07) is 29.7. The summed E-state index contributed by atoms with van der Waals surface area (Å²) in [6.45, 7) is 4.49. The molecule has 4 rings (SSSR count). The molecule has 7 nitrogen and oxygen atoms in total. The van der Waals surface area contributed by atoms with E-state index in [0.717, 1.165) is 16.7 Å². The van der Waals surface area contributed by atoms with Crippen LogP contribution in [-0.4, -0.2) is 33.4 Å². The van der Waals surface area contributed by atoms with Gasteiger partial charge >= 0.3 is 16.6 Å². The first-order chi connectivity index (χ1) is 18.7. The summed E-state index contributed by atoms with van der Waals surface area (Å²) in [4.78, 5) is 13.0. The average Bonchev–Trinajstić information content (AvgIpc) is 2.91. The maximum Gasteiger partial charge on any atom is 0.319 e. The van der Waals surface area contributed by atoms with Gasteiger partial charge in [-0.15, -0.1) is 0 Å². The number of hydrogen-bond donors (Lipinski definition) is 0. The van der Waals surface area contributed by atoms with Gasteiger partial charge in [-0.2, -0.15) is 8.42 Å². The second kappa shape index (κ2) is 12.6. The van der Waals surface area contributed by atoms with Gasteiger partial charge in [-0.25, -0.2) is 0 Å². The van der Waals surface area contributed by atoms with Crippen LogP contribution in [0.3, 0.4) is 0 Å². The van der Waals surface area contributed by atoms with Crippen LogP contribution in [0.15, 0.2) is 97.1 Å². The van der Waals surface area contributed by atoms with E-state index < -0.39 is 15.4 Å². The van der Waals surface area contributed by atoms with E-state index in [-0.39, 0.29) is 13.0 Å². The summed E-state index contributed by atoms with van der Waals surface area (Å²) in [5.74, 6) is 1.91. The van der Waals surface area contributed by atoms with Crippen molar-refractivity contribution in [2.75, 3.05) is 13.6 Å². The molecule has 39 heavy (non-hydrogen) atoms. The molecule has 0 saturated carbocycles. The van der Waals surface area contributed by atoms with Crippen LogP contribution in [0.25, 0.3) is 0 Å². The highest BCUT2D eigenvalue weighted by molar-refractivity contribution is 7.87. The largest absolute Gasteiger partial charge is 0.453 e. The van der Waals surface area contributed by atoms with E-state index in [9.17, 15) is 13.2 Å². The molecular formula is C31H31NO6S. The predicted octanol–water partition coefficient (Wildman–Crippen LogP) is 6.56. The van der Waals surface area contributed by atoms with Crippen molar-refractivity contribution < 1.29 is 26.9 Å². The third kappa shape index (κ3) is 7.69. The SMILES string of the molecule is Cc1ccc(Oc2ccc(C(CN(C)Cc3ccccc3)S(=O)(=O)OC=O)cc2Oc2ccc(C)cc2)cc1. The fourth-order valence-electron chi connectivity index (χ4n) is 4.08. The molecule has 0 N–H and O–H groups in total. The van der Waals surface area contributed by atoms with Crippen LogP contribution in [0.1, 0.15) is 27.5 Å². The van der Waals surface area contributed by atoms with E-state index in [0.29, 0.717) is 35.1 Å². The molecule has 0 radical (unpaired) electrons. The van der Waals surface area contributed by atoms with Crippen LogP contribution >= 0.6 is 0 Å². The molecule has 4 aromatic carbocycles. The maximum absolute atomic E-state index is 13.1.